The van der Waals surface area contributed by atoms with Crippen molar-refractivity contribution < 1.29 is 124 Å². The third-order valence-corrected chi connectivity index (χ3v) is 0. The van der Waals surface area contributed by atoms with E-state index in [1.807, 2.05) is 0 Å². The summed E-state index contributed by atoms with van der Waals surface area (Å²) in [5.41, 5.74) is 0. The van der Waals surface area contributed by atoms with Gasteiger partial charge in [-0.15, -0.1) is 26.3 Å². The Bertz CT molecular complexity index is 21.0. The molecule has 0 aliphatic heterocycles. The summed E-state index contributed by atoms with van der Waals surface area (Å²) in [7, 11) is 0. The predicted octanol–water partition coefficient (Wildman–Crippen LogP) is -9.93. The molecule has 8 heavy (non-hydrogen) atoms. The molecule has 0 radical (unpaired) electrons. The van der Waals surface area contributed by atoms with Gasteiger partial charge in [0.15, 0.2) is 0 Å². The fourth-order valence-electron chi connectivity index (χ4n) is 0. The minimum absolute atomic E-state index is 0. The van der Waals surface area contributed by atoms with Crippen molar-refractivity contribution in [2.24, 2.45) is 0 Å². The van der Waals surface area contributed by atoms with Gasteiger partial charge in [0.25, 0.3) is 0 Å². The summed E-state index contributed by atoms with van der Waals surface area (Å²) in [5.74, 6) is 0. The maximum Gasteiger partial charge on any atom is 1.00 e. The summed E-state index contributed by atoms with van der Waals surface area (Å²) in [6.45, 7) is 12.0. The van der Waals surface area contributed by atoms with E-state index < -0.39 is 0 Å². The van der Waals surface area contributed by atoms with Gasteiger partial charge in [0, 0.05) is 0 Å². The first kappa shape index (κ1) is 42.0. The van der Waals surface area contributed by atoms with Crippen LogP contribution in [0.1, 0.15) is 5.71 Å². The molecule has 0 fully saturated rings. The molecule has 0 saturated carbocycles. The van der Waals surface area contributed by atoms with Crippen LogP contribution < -0.4 is 118 Å². The second-order valence-corrected chi connectivity index (χ2v) is 0. The third kappa shape index (κ3) is 56.3. The van der Waals surface area contributed by atoms with E-state index >= 15 is 0 Å². The largest absolute Gasteiger partial charge is 1.00 e. The minimum atomic E-state index is 0. The number of rotatable bonds is 0. The Morgan fingerprint density at radius 2 is 0.500 bits per heavy atom. The van der Waals surface area contributed by atoms with Crippen LogP contribution in [0.25, 0.3) is 0 Å². The minimum Gasteiger partial charge on any atom is -1.00 e. The van der Waals surface area contributed by atoms with Gasteiger partial charge in [-0.2, -0.15) is 0 Å². The van der Waals surface area contributed by atoms with E-state index in [-0.39, 0.29) is 124 Å². The van der Waals surface area contributed by atoms with E-state index in [0.717, 1.165) is 0 Å². The molecule has 0 nitrogen and oxygen atoms in total. The van der Waals surface area contributed by atoms with Gasteiger partial charge in [0.2, 0.25) is 0 Å². The van der Waals surface area contributed by atoms with Gasteiger partial charge in [-0.3, -0.25) is 0 Å². The fourth-order valence-corrected chi connectivity index (χ4v) is 0. The molecule has 0 aliphatic carbocycles. The Morgan fingerprint density at radius 1 is 0.500 bits per heavy atom. The summed E-state index contributed by atoms with van der Waals surface area (Å²) < 4.78 is 0. The summed E-state index contributed by atoms with van der Waals surface area (Å²) in [6.07, 6.45) is 0. The molecule has 4 heteroatoms. The topological polar surface area (TPSA) is 0 Å². The predicted molar refractivity (Wildman–Crippen MR) is 27.0 cm³/mol. The summed E-state index contributed by atoms with van der Waals surface area (Å²) in [5, 5.41) is 0. The van der Waals surface area contributed by atoms with Gasteiger partial charge in [-0.1, -0.05) is 0 Å². The molecule has 0 unspecified atom stereocenters. The van der Waals surface area contributed by atoms with Crippen LogP contribution in [0.15, 0.2) is 26.3 Å². The molecule has 0 aliphatic rings. The van der Waals surface area contributed by atoms with Crippen molar-refractivity contribution >= 4 is 0 Å². The van der Waals surface area contributed by atoms with Crippen LogP contribution in [0.4, 0.5) is 0 Å². The molecule has 0 heterocycles. The Morgan fingerprint density at radius 3 is 0.500 bits per heavy atom. The maximum atomic E-state index is 3.00. The standard InChI is InChI=1S/2C2H4.4Na.4H/c2*1-2;;;;;;;;/h2*1-2H2;;;;;;;;/q;;4*+1;4*-1. The summed E-state index contributed by atoms with van der Waals surface area (Å²) in [6, 6.07) is 0. The number of hydrogen-bond donors (Lipinski definition) is 0. The van der Waals surface area contributed by atoms with Gasteiger partial charge in [0.1, 0.15) is 0 Å². The Balaban J connectivity index is -0.000000000500. The van der Waals surface area contributed by atoms with E-state index in [4.69, 9.17) is 0 Å². The number of hydrogen-bond acceptors (Lipinski definition) is 0. The van der Waals surface area contributed by atoms with Crippen molar-refractivity contribution in [3.05, 3.63) is 26.3 Å². The first-order valence-corrected chi connectivity index (χ1v) is 1.000. The van der Waals surface area contributed by atoms with Gasteiger partial charge < -0.3 is 5.71 Å². The average Bonchev–Trinajstić information content (AvgIpc) is 1.50. The molecule has 0 N–H and O–H groups in total. The molecule has 0 saturated heterocycles. The SMILES string of the molecule is C=C.C=C.[H-].[H-].[H-].[H-].[Na+].[Na+].[Na+].[Na+]. The molecule has 0 aromatic rings. The second kappa shape index (κ2) is 77.8. The van der Waals surface area contributed by atoms with E-state index in [2.05, 4.69) is 26.3 Å². The molecular weight excluding hydrogens is 140 g/mol. The first-order valence-electron chi connectivity index (χ1n) is 1.000. The van der Waals surface area contributed by atoms with Crippen LogP contribution in [-0.2, 0) is 0 Å². The molecular formula is C4H12Na4. The molecule has 0 atom stereocenters. The average molecular weight is 152 g/mol. The molecule has 0 amide bonds. The van der Waals surface area contributed by atoms with Crippen LogP contribution in [0.3, 0.4) is 0 Å². The summed E-state index contributed by atoms with van der Waals surface area (Å²) >= 11 is 0. The second-order valence-electron chi connectivity index (χ2n) is 0. The van der Waals surface area contributed by atoms with Gasteiger partial charge >= 0.3 is 118 Å². The first-order chi connectivity index (χ1) is 2.00. The van der Waals surface area contributed by atoms with Crippen molar-refractivity contribution in [3.63, 3.8) is 0 Å². The monoisotopic (exact) mass is 152 g/mol. The molecule has 0 rings (SSSR count). The van der Waals surface area contributed by atoms with Crippen molar-refractivity contribution in [1.29, 1.82) is 0 Å². The summed E-state index contributed by atoms with van der Waals surface area (Å²) in [4.78, 5) is 0. The third-order valence-electron chi connectivity index (χ3n) is 0. The van der Waals surface area contributed by atoms with E-state index in [9.17, 15) is 0 Å². The zero-order valence-corrected chi connectivity index (χ0v) is 14.8. The molecule has 0 aromatic heterocycles. The Hall–Kier alpha value is 3.48. The fraction of sp³-hybridized carbons (Fsp3) is 0. The van der Waals surface area contributed by atoms with Gasteiger partial charge in [-0.25, -0.2) is 0 Å². The van der Waals surface area contributed by atoms with Crippen LogP contribution in [0.5, 0.6) is 0 Å². The van der Waals surface area contributed by atoms with Crippen LogP contribution >= 0.6 is 0 Å². The molecule has 0 spiro atoms. The van der Waals surface area contributed by atoms with E-state index in [0.29, 0.717) is 0 Å². The van der Waals surface area contributed by atoms with Crippen molar-refractivity contribution in [3.8, 4) is 0 Å². The molecule has 32 valence electrons. The smallest absolute Gasteiger partial charge is 1.00 e. The van der Waals surface area contributed by atoms with Gasteiger partial charge in [0.05, 0.1) is 0 Å². The Labute approximate surface area is 147 Å². The zero-order chi connectivity index (χ0) is 4.00. The van der Waals surface area contributed by atoms with Crippen LogP contribution in [0.2, 0.25) is 0 Å². The normalized spacial score (nSPS) is 1.00. The molecule has 0 bridgehead atoms. The van der Waals surface area contributed by atoms with Gasteiger partial charge in [-0.05, 0) is 0 Å². The quantitative estimate of drug-likeness (QED) is 0.239. The molecule has 0 aromatic carbocycles. The Kier molecular flexibility index (Phi) is 408. The van der Waals surface area contributed by atoms with Crippen LogP contribution in [0, 0.1) is 0 Å². The van der Waals surface area contributed by atoms with Crippen molar-refractivity contribution in [1.82, 2.24) is 0 Å². The zero-order valence-electron chi connectivity index (χ0n) is 10.8. The maximum absolute atomic E-state index is 3.00. The van der Waals surface area contributed by atoms with E-state index in [1.165, 1.54) is 0 Å². The van der Waals surface area contributed by atoms with Crippen molar-refractivity contribution in [2.45, 2.75) is 0 Å². The van der Waals surface area contributed by atoms with E-state index in [1.54, 1.807) is 0 Å². The van der Waals surface area contributed by atoms with Crippen LogP contribution in [-0.4, -0.2) is 0 Å². The van der Waals surface area contributed by atoms with Crippen molar-refractivity contribution in [2.75, 3.05) is 0 Å².